The van der Waals surface area contributed by atoms with Crippen molar-refractivity contribution in [3.05, 3.63) is 59.7 Å². The molecule has 2 aromatic carbocycles. The zero-order valence-electron chi connectivity index (χ0n) is 13.8. The third-order valence-corrected chi connectivity index (χ3v) is 3.23. The first kappa shape index (κ1) is 19.3. The van der Waals surface area contributed by atoms with Gasteiger partial charge in [-0.3, -0.25) is 4.79 Å². The number of esters is 1. The maximum absolute atomic E-state index is 12.5. The number of nitrogens with one attached hydrogen (secondary N) is 1. The molecule has 1 amide bonds. The number of amides is 1. The largest absolute Gasteiger partial charge is 0.484 e. The van der Waals surface area contributed by atoms with Crippen molar-refractivity contribution in [1.82, 2.24) is 0 Å². The third kappa shape index (κ3) is 5.51. The lowest BCUT2D eigenvalue weighted by Crippen LogP contribution is -2.20. The molecule has 0 aliphatic heterocycles. The summed E-state index contributed by atoms with van der Waals surface area (Å²) in [6.07, 6.45) is -4.43. The number of alkyl halides is 3. The van der Waals surface area contributed by atoms with Gasteiger partial charge >= 0.3 is 12.1 Å². The van der Waals surface area contributed by atoms with Crippen molar-refractivity contribution in [1.29, 1.82) is 0 Å². The first-order chi connectivity index (χ1) is 12.3. The predicted molar refractivity (Wildman–Crippen MR) is 88.0 cm³/mol. The summed E-state index contributed by atoms with van der Waals surface area (Å²) in [7, 11) is 0. The highest BCUT2D eigenvalue weighted by molar-refractivity contribution is 5.92. The maximum atomic E-state index is 12.5. The monoisotopic (exact) mass is 367 g/mol. The van der Waals surface area contributed by atoms with Crippen molar-refractivity contribution in [2.75, 3.05) is 18.5 Å². The number of hydrogen-bond donors (Lipinski definition) is 1. The van der Waals surface area contributed by atoms with Gasteiger partial charge in [-0.15, -0.1) is 0 Å². The van der Waals surface area contributed by atoms with Crippen LogP contribution in [-0.2, 0) is 15.7 Å². The molecule has 0 spiro atoms. The molecular weight excluding hydrogens is 351 g/mol. The minimum Gasteiger partial charge on any atom is -0.484 e. The van der Waals surface area contributed by atoms with Gasteiger partial charge in [0, 0.05) is 5.69 Å². The van der Waals surface area contributed by atoms with E-state index < -0.39 is 23.6 Å². The second-order valence-electron chi connectivity index (χ2n) is 5.16. The Balaban J connectivity index is 1.86. The summed E-state index contributed by atoms with van der Waals surface area (Å²) in [5.74, 6) is -0.626. The van der Waals surface area contributed by atoms with Gasteiger partial charge in [-0.25, -0.2) is 4.79 Å². The van der Waals surface area contributed by atoms with Crippen molar-refractivity contribution in [2.24, 2.45) is 0 Å². The van der Waals surface area contributed by atoms with E-state index in [4.69, 9.17) is 9.47 Å². The second-order valence-corrected chi connectivity index (χ2v) is 5.16. The minimum absolute atomic E-state index is 0.226. The van der Waals surface area contributed by atoms with E-state index in [9.17, 15) is 22.8 Å². The fourth-order valence-corrected chi connectivity index (χ4v) is 1.99. The minimum atomic E-state index is -4.43. The number of benzene rings is 2. The summed E-state index contributed by atoms with van der Waals surface area (Å²) in [5, 5.41) is 2.43. The first-order valence-corrected chi connectivity index (χ1v) is 7.66. The zero-order valence-corrected chi connectivity index (χ0v) is 13.8. The lowest BCUT2D eigenvalue weighted by Gasteiger charge is -2.10. The molecule has 0 saturated heterocycles. The van der Waals surface area contributed by atoms with Gasteiger partial charge in [0.25, 0.3) is 5.91 Å². The van der Waals surface area contributed by atoms with E-state index in [-0.39, 0.29) is 18.9 Å². The molecule has 5 nitrogen and oxygen atoms in total. The molecule has 0 aromatic heterocycles. The summed E-state index contributed by atoms with van der Waals surface area (Å²) >= 11 is 0. The Labute approximate surface area is 147 Å². The first-order valence-electron chi connectivity index (χ1n) is 7.66. The second kappa shape index (κ2) is 8.37. The van der Waals surface area contributed by atoms with Crippen molar-refractivity contribution in [3.63, 3.8) is 0 Å². The van der Waals surface area contributed by atoms with Crippen molar-refractivity contribution in [2.45, 2.75) is 13.1 Å². The van der Waals surface area contributed by atoms with Gasteiger partial charge in [-0.1, -0.05) is 0 Å². The van der Waals surface area contributed by atoms with E-state index in [1.807, 2.05) is 0 Å². The highest BCUT2D eigenvalue weighted by Gasteiger charge is 2.29. The Morgan fingerprint density at radius 1 is 1.00 bits per heavy atom. The third-order valence-electron chi connectivity index (χ3n) is 3.23. The van der Waals surface area contributed by atoms with Crippen LogP contribution in [0.4, 0.5) is 18.9 Å². The average molecular weight is 367 g/mol. The molecule has 0 aliphatic carbocycles. The fraction of sp³-hybridized carbons (Fsp3) is 0.222. The predicted octanol–water partition coefficient (Wildman–Crippen LogP) is 3.90. The molecule has 0 atom stereocenters. The molecular formula is C18H16F3NO4. The topological polar surface area (TPSA) is 64.6 Å². The standard InChI is InChI=1S/C18H16F3NO4/c1-2-25-17(24)12-3-9-15(10-4-12)26-11-16(23)22-14-7-5-13(6-8-14)18(19,20)21/h3-10H,2,11H2,1H3,(H,22,23). The van der Waals surface area contributed by atoms with Crippen LogP contribution >= 0.6 is 0 Å². The van der Waals surface area contributed by atoms with Gasteiger partial charge in [0.15, 0.2) is 6.61 Å². The average Bonchev–Trinajstić information content (AvgIpc) is 2.60. The SMILES string of the molecule is CCOC(=O)c1ccc(OCC(=O)Nc2ccc(C(F)(F)F)cc2)cc1. The van der Waals surface area contributed by atoms with Crippen LogP contribution in [0.2, 0.25) is 0 Å². The van der Waals surface area contributed by atoms with Crippen molar-refractivity contribution < 1.29 is 32.2 Å². The van der Waals surface area contributed by atoms with Gasteiger partial charge in [-0.2, -0.15) is 13.2 Å². The van der Waals surface area contributed by atoms with E-state index in [1.165, 1.54) is 24.3 Å². The molecule has 0 unspecified atom stereocenters. The molecule has 138 valence electrons. The van der Waals surface area contributed by atoms with Crippen molar-refractivity contribution >= 4 is 17.6 Å². The highest BCUT2D eigenvalue weighted by atomic mass is 19.4. The van der Waals surface area contributed by atoms with Crippen molar-refractivity contribution in [3.8, 4) is 5.75 Å². The van der Waals surface area contributed by atoms with E-state index >= 15 is 0 Å². The summed E-state index contributed by atoms with van der Waals surface area (Å²) < 4.78 is 47.5. The van der Waals surface area contributed by atoms with Crippen LogP contribution < -0.4 is 10.1 Å². The van der Waals surface area contributed by atoms with Gasteiger partial charge < -0.3 is 14.8 Å². The van der Waals surface area contributed by atoms with Gasteiger partial charge in [0.05, 0.1) is 17.7 Å². The molecule has 0 saturated carbocycles. The molecule has 8 heteroatoms. The van der Waals surface area contributed by atoms with Crippen LogP contribution in [0.3, 0.4) is 0 Å². The Morgan fingerprint density at radius 3 is 2.15 bits per heavy atom. The normalized spacial score (nSPS) is 10.9. The quantitative estimate of drug-likeness (QED) is 0.787. The molecule has 26 heavy (non-hydrogen) atoms. The Kier molecular flexibility index (Phi) is 6.21. The molecule has 2 rings (SSSR count). The smallest absolute Gasteiger partial charge is 0.416 e. The molecule has 0 radical (unpaired) electrons. The van der Waals surface area contributed by atoms with E-state index in [2.05, 4.69) is 5.32 Å². The van der Waals surface area contributed by atoms with Crippen LogP contribution in [0.5, 0.6) is 5.75 Å². The van der Waals surface area contributed by atoms with E-state index in [1.54, 1.807) is 6.92 Å². The van der Waals surface area contributed by atoms with Gasteiger partial charge in [-0.05, 0) is 55.5 Å². The highest BCUT2D eigenvalue weighted by Crippen LogP contribution is 2.29. The molecule has 0 aliphatic rings. The maximum Gasteiger partial charge on any atom is 0.416 e. The van der Waals surface area contributed by atoms with Crippen LogP contribution in [0.25, 0.3) is 0 Å². The van der Waals surface area contributed by atoms with E-state index in [0.29, 0.717) is 11.3 Å². The van der Waals surface area contributed by atoms with Gasteiger partial charge in [0.2, 0.25) is 0 Å². The molecule has 0 heterocycles. The number of ether oxygens (including phenoxy) is 2. The Morgan fingerprint density at radius 2 is 1.62 bits per heavy atom. The number of rotatable bonds is 6. The van der Waals surface area contributed by atoms with Crippen LogP contribution in [0.15, 0.2) is 48.5 Å². The number of halogens is 3. The number of carbonyl (C=O) groups excluding carboxylic acids is 2. The lowest BCUT2D eigenvalue weighted by atomic mass is 10.2. The summed E-state index contributed by atoms with van der Waals surface area (Å²) in [6, 6.07) is 10.1. The number of anilines is 1. The Hall–Kier alpha value is -3.03. The Bertz CT molecular complexity index is 756. The summed E-state index contributed by atoms with van der Waals surface area (Å²) in [6.45, 7) is 1.63. The molecule has 0 bridgehead atoms. The summed E-state index contributed by atoms with van der Waals surface area (Å²) in [4.78, 5) is 23.3. The van der Waals surface area contributed by atoms with Crippen LogP contribution in [-0.4, -0.2) is 25.1 Å². The number of hydrogen-bond acceptors (Lipinski definition) is 4. The number of carbonyl (C=O) groups is 2. The van der Waals surface area contributed by atoms with Crippen LogP contribution in [0.1, 0.15) is 22.8 Å². The van der Waals surface area contributed by atoms with Crippen LogP contribution in [0, 0.1) is 0 Å². The molecule has 2 aromatic rings. The molecule has 1 N–H and O–H groups in total. The summed E-state index contributed by atoms with van der Waals surface area (Å²) in [5.41, 5.74) is -0.217. The molecule has 0 fully saturated rings. The van der Waals surface area contributed by atoms with E-state index in [0.717, 1.165) is 24.3 Å². The lowest BCUT2D eigenvalue weighted by molar-refractivity contribution is -0.137. The van der Waals surface area contributed by atoms with Gasteiger partial charge in [0.1, 0.15) is 5.75 Å². The fourth-order valence-electron chi connectivity index (χ4n) is 1.99. The zero-order chi connectivity index (χ0) is 19.2.